The zero-order valence-corrected chi connectivity index (χ0v) is 11.0. The van der Waals surface area contributed by atoms with Gasteiger partial charge in [-0.3, -0.25) is 0 Å². The molecule has 0 fully saturated rings. The Hall–Kier alpha value is -2.30. The van der Waals surface area contributed by atoms with Crippen LogP contribution < -0.4 is 4.74 Å². The number of hydrogen-bond donors (Lipinski definition) is 1. The van der Waals surface area contributed by atoms with Crippen LogP contribution in [0.3, 0.4) is 0 Å². The molecule has 0 aliphatic heterocycles. The molecule has 19 heavy (non-hydrogen) atoms. The molecular formula is C14H15NO4. The molecule has 0 atom stereocenters. The first-order valence-electron chi connectivity index (χ1n) is 5.91. The third kappa shape index (κ3) is 2.59. The summed E-state index contributed by atoms with van der Waals surface area (Å²) in [4.78, 5) is 15.5. The van der Waals surface area contributed by atoms with Crippen LogP contribution >= 0.6 is 0 Å². The van der Waals surface area contributed by atoms with Crippen LogP contribution in [0.25, 0.3) is 11.3 Å². The lowest BCUT2D eigenvalue weighted by molar-refractivity contribution is 0.0661. The second kappa shape index (κ2) is 5.14. The number of carboxylic acids is 1. The van der Waals surface area contributed by atoms with Crippen molar-refractivity contribution < 1.29 is 19.1 Å². The Morgan fingerprint density at radius 2 is 2.16 bits per heavy atom. The number of nitrogens with zero attached hydrogens (tertiary/aromatic N) is 1. The molecule has 1 heterocycles. The summed E-state index contributed by atoms with van der Waals surface area (Å²) in [5, 5.41) is 9.18. The second-order valence-corrected chi connectivity index (χ2v) is 4.42. The Morgan fingerprint density at radius 3 is 2.74 bits per heavy atom. The van der Waals surface area contributed by atoms with Crippen LogP contribution in [0.4, 0.5) is 0 Å². The van der Waals surface area contributed by atoms with E-state index >= 15 is 0 Å². The molecule has 0 spiro atoms. The van der Waals surface area contributed by atoms with Crippen LogP contribution in [-0.2, 0) is 0 Å². The van der Waals surface area contributed by atoms with E-state index in [4.69, 9.17) is 9.15 Å². The zero-order chi connectivity index (χ0) is 14.0. The summed E-state index contributed by atoms with van der Waals surface area (Å²) < 4.78 is 10.4. The number of oxazole rings is 1. The molecule has 1 N–H and O–H groups in total. The summed E-state index contributed by atoms with van der Waals surface area (Å²) in [7, 11) is 1.56. The van der Waals surface area contributed by atoms with Crippen LogP contribution in [0, 0.1) is 0 Å². The Kier molecular flexibility index (Phi) is 3.55. The lowest BCUT2D eigenvalue weighted by atomic mass is 10.1. The molecule has 5 nitrogen and oxygen atoms in total. The standard InChI is InChI=1S/C14H15NO4/c1-8(2)13-15-11(12(19-13)14(16)17)9-5-4-6-10(7-9)18-3/h4-8H,1-3H3,(H,16,17). The molecule has 1 aromatic heterocycles. The van der Waals surface area contributed by atoms with Crippen LogP contribution in [0.2, 0.25) is 0 Å². The van der Waals surface area contributed by atoms with Gasteiger partial charge >= 0.3 is 5.97 Å². The topological polar surface area (TPSA) is 72.6 Å². The minimum atomic E-state index is -1.13. The lowest BCUT2D eigenvalue weighted by Gasteiger charge is -2.02. The van der Waals surface area contributed by atoms with Gasteiger partial charge in [0.1, 0.15) is 11.4 Å². The van der Waals surface area contributed by atoms with Gasteiger partial charge < -0.3 is 14.3 Å². The minimum Gasteiger partial charge on any atom is -0.497 e. The van der Waals surface area contributed by atoms with E-state index in [1.54, 1.807) is 31.4 Å². The molecule has 0 saturated heterocycles. The van der Waals surface area contributed by atoms with E-state index in [0.29, 0.717) is 22.9 Å². The third-order valence-corrected chi connectivity index (χ3v) is 2.68. The average Bonchev–Trinajstić information content (AvgIpc) is 2.84. The average molecular weight is 261 g/mol. The van der Waals surface area contributed by atoms with Crippen molar-refractivity contribution in [1.29, 1.82) is 0 Å². The smallest absolute Gasteiger partial charge is 0.374 e. The van der Waals surface area contributed by atoms with Gasteiger partial charge in [-0.1, -0.05) is 26.0 Å². The Bertz CT molecular complexity index is 601. The summed E-state index contributed by atoms with van der Waals surface area (Å²) in [6.45, 7) is 3.79. The van der Waals surface area contributed by atoms with Crippen molar-refractivity contribution in [2.75, 3.05) is 7.11 Å². The van der Waals surface area contributed by atoms with Gasteiger partial charge in [0.2, 0.25) is 5.76 Å². The van der Waals surface area contributed by atoms with Crippen LogP contribution in [-0.4, -0.2) is 23.2 Å². The maximum atomic E-state index is 11.2. The number of carbonyl (C=O) groups is 1. The molecule has 0 amide bonds. The Morgan fingerprint density at radius 1 is 1.42 bits per heavy atom. The van der Waals surface area contributed by atoms with Crippen molar-refractivity contribution in [2.45, 2.75) is 19.8 Å². The quantitative estimate of drug-likeness (QED) is 0.915. The van der Waals surface area contributed by atoms with E-state index in [9.17, 15) is 9.90 Å². The molecule has 100 valence electrons. The fraction of sp³-hybridized carbons (Fsp3) is 0.286. The van der Waals surface area contributed by atoms with Crippen molar-refractivity contribution in [3.05, 3.63) is 35.9 Å². The number of methoxy groups -OCH3 is 1. The highest BCUT2D eigenvalue weighted by Crippen LogP contribution is 2.29. The normalized spacial score (nSPS) is 10.7. The largest absolute Gasteiger partial charge is 0.497 e. The van der Waals surface area contributed by atoms with Gasteiger partial charge in [0.25, 0.3) is 0 Å². The molecule has 0 aliphatic carbocycles. The number of ether oxygens (including phenoxy) is 1. The Balaban J connectivity index is 2.56. The van der Waals surface area contributed by atoms with Gasteiger partial charge in [0.05, 0.1) is 7.11 Å². The van der Waals surface area contributed by atoms with E-state index in [1.807, 2.05) is 13.8 Å². The van der Waals surface area contributed by atoms with Gasteiger partial charge in [-0.05, 0) is 12.1 Å². The molecule has 0 unspecified atom stereocenters. The van der Waals surface area contributed by atoms with Crippen LogP contribution in [0.1, 0.15) is 36.2 Å². The van der Waals surface area contributed by atoms with Gasteiger partial charge in [-0.2, -0.15) is 0 Å². The maximum Gasteiger partial charge on any atom is 0.374 e. The first-order chi connectivity index (χ1) is 9.02. The van der Waals surface area contributed by atoms with Crippen molar-refractivity contribution in [3.8, 4) is 17.0 Å². The Labute approximate surface area is 110 Å². The van der Waals surface area contributed by atoms with Gasteiger partial charge in [0.15, 0.2) is 5.89 Å². The predicted octanol–water partition coefficient (Wildman–Crippen LogP) is 3.17. The van der Waals surface area contributed by atoms with Gasteiger partial charge in [-0.25, -0.2) is 9.78 Å². The predicted molar refractivity (Wildman–Crippen MR) is 69.5 cm³/mol. The third-order valence-electron chi connectivity index (χ3n) is 2.68. The van der Waals surface area contributed by atoms with Crippen molar-refractivity contribution in [2.24, 2.45) is 0 Å². The number of aromatic carboxylic acids is 1. The molecule has 0 radical (unpaired) electrons. The summed E-state index contributed by atoms with van der Waals surface area (Å²) in [5.74, 6) is -0.190. The number of carboxylic acid groups (broad SMARTS) is 1. The van der Waals surface area contributed by atoms with Crippen molar-refractivity contribution in [1.82, 2.24) is 4.98 Å². The molecular weight excluding hydrogens is 246 g/mol. The highest BCUT2D eigenvalue weighted by molar-refractivity contribution is 5.91. The highest BCUT2D eigenvalue weighted by Gasteiger charge is 2.22. The first kappa shape index (κ1) is 13.1. The van der Waals surface area contributed by atoms with Crippen LogP contribution in [0.15, 0.2) is 28.7 Å². The zero-order valence-electron chi connectivity index (χ0n) is 11.0. The minimum absolute atomic E-state index is 0.0254. The summed E-state index contributed by atoms with van der Waals surface area (Å²) in [6.07, 6.45) is 0. The lowest BCUT2D eigenvalue weighted by Crippen LogP contribution is -1.96. The van der Waals surface area contributed by atoms with E-state index in [0.717, 1.165) is 0 Å². The number of benzene rings is 1. The van der Waals surface area contributed by atoms with E-state index in [-0.39, 0.29) is 11.7 Å². The molecule has 2 aromatic rings. The number of rotatable bonds is 4. The van der Waals surface area contributed by atoms with E-state index in [2.05, 4.69) is 4.98 Å². The summed E-state index contributed by atoms with van der Waals surface area (Å²) in [6, 6.07) is 7.07. The maximum absolute atomic E-state index is 11.2. The highest BCUT2D eigenvalue weighted by atomic mass is 16.5. The van der Waals surface area contributed by atoms with Gasteiger partial charge in [0, 0.05) is 11.5 Å². The molecule has 2 rings (SSSR count). The van der Waals surface area contributed by atoms with Crippen LogP contribution in [0.5, 0.6) is 5.75 Å². The van der Waals surface area contributed by atoms with Crippen molar-refractivity contribution >= 4 is 5.97 Å². The molecule has 0 aliphatic rings. The summed E-state index contributed by atoms with van der Waals surface area (Å²) in [5.41, 5.74) is 0.988. The van der Waals surface area contributed by atoms with E-state index < -0.39 is 5.97 Å². The number of aromatic nitrogens is 1. The SMILES string of the molecule is COc1cccc(-c2nc(C(C)C)oc2C(=O)O)c1. The van der Waals surface area contributed by atoms with Crippen molar-refractivity contribution in [3.63, 3.8) is 0 Å². The molecule has 0 saturated carbocycles. The number of hydrogen-bond acceptors (Lipinski definition) is 4. The monoisotopic (exact) mass is 261 g/mol. The second-order valence-electron chi connectivity index (χ2n) is 4.42. The molecule has 5 heteroatoms. The fourth-order valence-electron chi connectivity index (χ4n) is 1.69. The fourth-order valence-corrected chi connectivity index (χ4v) is 1.69. The van der Waals surface area contributed by atoms with E-state index in [1.165, 1.54) is 0 Å². The van der Waals surface area contributed by atoms with Gasteiger partial charge in [-0.15, -0.1) is 0 Å². The molecule has 1 aromatic carbocycles. The first-order valence-corrected chi connectivity index (χ1v) is 5.91. The molecule has 0 bridgehead atoms. The summed E-state index contributed by atoms with van der Waals surface area (Å²) >= 11 is 0.